The third-order valence-electron chi connectivity index (χ3n) is 3.49. The lowest BCUT2D eigenvalue weighted by Crippen LogP contribution is -2.29. The van der Waals surface area contributed by atoms with Crippen LogP contribution in [-0.4, -0.2) is 18.9 Å². The van der Waals surface area contributed by atoms with Gasteiger partial charge in [0.25, 0.3) is 11.8 Å². The first-order valence-electron chi connectivity index (χ1n) is 6.45. The zero-order valence-electron chi connectivity index (χ0n) is 11.5. The fraction of sp³-hybridized carbons (Fsp3) is 0.0588. The van der Waals surface area contributed by atoms with Crippen LogP contribution in [0.2, 0.25) is 0 Å². The molecule has 2 aromatic rings. The van der Waals surface area contributed by atoms with Crippen molar-refractivity contribution in [2.75, 3.05) is 12.0 Å². The number of hydrogen-bond donors (Lipinski definition) is 0. The average molecular weight is 279 g/mol. The summed E-state index contributed by atoms with van der Waals surface area (Å²) >= 11 is 0. The number of ether oxygens (including phenoxy) is 1. The lowest BCUT2D eigenvalue weighted by molar-refractivity contribution is 0.0926. The van der Waals surface area contributed by atoms with Crippen LogP contribution >= 0.6 is 0 Å². The smallest absolute Gasteiger partial charge is 0.266 e. The molecule has 0 saturated heterocycles. The van der Waals surface area contributed by atoms with Gasteiger partial charge in [0.15, 0.2) is 0 Å². The Kier molecular flexibility index (Phi) is 3.06. The largest absolute Gasteiger partial charge is 0.496 e. The predicted molar refractivity (Wildman–Crippen MR) is 80.7 cm³/mol. The maximum Gasteiger partial charge on any atom is 0.266 e. The first-order chi connectivity index (χ1) is 10.2. The van der Waals surface area contributed by atoms with E-state index in [0.29, 0.717) is 22.6 Å². The molecular formula is C17H13NO3. The molecule has 1 heterocycles. The highest BCUT2D eigenvalue weighted by Crippen LogP contribution is 2.31. The number of anilines is 1. The molecule has 0 unspecified atom stereocenters. The molecule has 0 saturated carbocycles. The molecule has 0 fully saturated rings. The van der Waals surface area contributed by atoms with Crippen molar-refractivity contribution < 1.29 is 14.3 Å². The van der Waals surface area contributed by atoms with Gasteiger partial charge in [-0.05, 0) is 30.3 Å². The zero-order chi connectivity index (χ0) is 15.0. The summed E-state index contributed by atoms with van der Waals surface area (Å²) in [5.41, 5.74) is 2.10. The van der Waals surface area contributed by atoms with Crippen LogP contribution in [0.3, 0.4) is 0 Å². The van der Waals surface area contributed by atoms with Crippen molar-refractivity contribution in [2.45, 2.75) is 0 Å². The summed E-state index contributed by atoms with van der Waals surface area (Å²) < 4.78 is 5.21. The molecule has 4 heteroatoms. The lowest BCUT2D eigenvalue weighted by Gasteiger charge is -2.15. The van der Waals surface area contributed by atoms with Gasteiger partial charge in [-0.3, -0.25) is 9.59 Å². The van der Waals surface area contributed by atoms with Crippen molar-refractivity contribution in [3.8, 4) is 5.75 Å². The first-order valence-corrected chi connectivity index (χ1v) is 6.45. The van der Waals surface area contributed by atoms with Gasteiger partial charge in [0.1, 0.15) is 5.75 Å². The number of imide groups is 1. The van der Waals surface area contributed by atoms with E-state index < -0.39 is 0 Å². The fourth-order valence-electron chi connectivity index (χ4n) is 2.44. The molecule has 0 radical (unpaired) electrons. The van der Waals surface area contributed by atoms with Crippen LogP contribution in [0, 0.1) is 0 Å². The fourth-order valence-corrected chi connectivity index (χ4v) is 2.44. The Morgan fingerprint density at radius 1 is 1.05 bits per heavy atom. The van der Waals surface area contributed by atoms with Crippen molar-refractivity contribution >= 4 is 23.6 Å². The van der Waals surface area contributed by atoms with Gasteiger partial charge in [-0.15, -0.1) is 0 Å². The van der Waals surface area contributed by atoms with Crippen LogP contribution in [0.25, 0.3) is 6.08 Å². The minimum absolute atomic E-state index is 0.309. The molecule has 0 aliphatic carbocycles. The summed E-state index contributed by atoms with van der Waals surface area (Å²) in [5, 5.41) is 0. The van der Waals surface area contributed by atoms with E-state index in [2.05, 4.69) is 6.58 Å². The lowest BCUT2D eigenvalue weighted by atomic mass is 10.1. The molecular weight excluding hydrogens is 266 g/mol. The van der Waals surface area contributed by atoms with E-state index in [-0.39, 0.29) is 11.8 Å². The minimum Gasteiger partial charge on any atom is -0.496 e. The molecule has 0 bridgehead atoms. The van der Waals surface area contributed by atoms with Gasteiger partial charge in [0, 0.05) is 5.56 Å². The van der Waals surface area contributed by atoms with E-state index in [9.17, 15) is 9.59 Å². The van der Waals surface area contributed by atoms with Gasteiger partial charge >= 0.3 is 0 Å². The maximum atomic E-state index is 12.4. The molecule has 21 heavy (non-hydrogen) atoms. The Labute approximate surface area is 122 Å². The summed E-state index contributed by atoms with van der Waals surface area (Å²) in [4.78, 5) is 26.0. The second-order valence-electron chi connectivity index (χ2n) is 4.62. The van der Waals surface area contributed by atoms with E-state index in [0.717, 1.165) is 5.56 Å². The van der Waals surface area contributed by atoms with Gasteiger partial charge in [-0.2, -0.15) is 0 Å². The number of fused-ring (bicyclic) bond motifs is 1. The molecule has 4 nitrogen and oxygen atoms in total. The number of carbonyl (C=O) groups excluding carboxylic acids is 2. The first kappa shape index (κ1) is 13.1. The van der Waals surface area contributed by atoms with E-state index in [1.807, 2.05) is 0 Å². The second kappa shape index (κ2) is 4.90. The Morgan fingerprint density at radius 2 is 1.67 bits per heavy atom. The van der Waals surface area contributed by atoms with Gasteiger partial charge in [-0.25, -0.2) is 4.90 Å². The molecule has 3 rings (SSSR count). The number of amides is 2. The van der Waals surface area contributed by atoms with Gasteiger partial charge in [0.2, 0.25) is 0 Å². The van der Waals surface area contributed by atoms with Crippen LogP contribution < -0.4 is 9.64 Å². The monoisotopic (exact) mass is 279 g/mol. The van der Waals surface area contributed by atoms with Crippen LogP contribution in [0.1, 0.15) is 26.3 Å². The third kappa shape index (κ3) is 1.92. The zero-order valence-corrected chi connectivity index (χ0v) is 11.5. The van der Waals surface area contributed by atoms with Crippen molar-refractivity contribution in [3.63, 3.8) is 0 Å². The Hall–Kier alpha value is -2.88. The molecule has 0 spiro atoms. The molecule has 1 aliphatic heterocycles. The number of hydrogen-bond acceptors (Lipinski definition) is 3. The predicted octanol–water partition coefficient (Wildman–Crippen LogP) is 3.14. The molecule has 0 atom stereocenters. The quantitative estimate of drug-likeness (QED) is 0.811. The minimum atomic E-state index is -0.309. The van der Waals surface area contributed by atoms with E-state index in [1.54, 1.807) is 55.7 Å². The molecule has 0 N–H and O–H groups in total. The van der Waals surface area contributed by atoms with Crippen LogP contribution in [0.4, 0.5) is 5.69 Å². The summed E-state index contributed by atoms with van der Waals surface area (Å²) in [6.45, 7) is 3.72. The Morgan fingerprint density at radius 3 is 2.19 bits per heavy atom. The van der Waals surface area contributed by atoms with Crippen molar-refractivity contribution in [2.24, 2.45) is 0 Å². The van der Waals surface area contributed by atoms with Crippen LogP contribution in [0.5, 0.6) is 5.75 Å². The maximum absolute atomic E-state index is 12.4. The van der Waals surface area contributed by atoms with Gasteiger partial charge < -0.3 is 4.74 Å². The van der Waals surface area contributed by atoms with Crippen molar-refractivity contribution in [1.82, 2.24) is 0 Å². The molecule has 104 valence electrons. The topological polar surface area (TPSA) is 46.6 Å². The number of rotatable bonds is 3. The Balaban J connectivity index is 2.09. The molecule has 2 aromatic carbocycles. The van der Waals surface area contributed by atoms with Crippen LogP contribution in [0.15, 0.2) is 49.0 Å². The summed E-state index contributed by atoms with van der Waals surface area (Å²) in [6, 6.07) is 11.9. The normalized spacial score (nSPS) is 13.3. The van der Waals surface area contributed by atoms with Gasteiger partial charge in [0.05, 0.1) is 23.9 Å². The SMILES string of the molecule is C=Cc1cc(N2C(=O)c3ccccc3C2=O)ccc1OC. The highest BCUT2D eigenvalue weighted by atomic mass is 16.5. The highest BCUT2D eigenvalue weighted by Gasteiger charge is 2.36. The summed E-state index contributed by atoms with van der Waals surface area (Å²) in [5.74, 6) is 0.0249. The third-order valence-corrected chi connectivity index (χ3v) is 3.49. The summed E-state index contributed by atoms with van der Waals surface area (Å²) in [6.07, 6.45) is 1.63. The molecule has 1 aliphatic rings. The van der Waals surface area contributed by atoms with Crippen molar-refractivity contribution in [3.05, 3.63) is 65.7 Å². The van der Waals surface area contributed by atoms with E-state index >= 15 is 0 Å². The number of methoxy groups -OCH3 is 1. The van der Waals surface area contributed by atoms with Gasteiger partial charge in [-0.1, -0.05) is 24.8 Å². The van der Waals surface area contributed by atoms with E-state index in [1.165, 1.54) is 4.90 Å². The van der Waals surface area contributed by atoms with Crippen LogP contribution in [-0.2, 0) is 0 Å². The number of carbonyl (C=O) groups is 2. The summed E-state index contributed by atoms with van der Waals surface area (Å²) in [7, 11) is 1.56. The van der Waals surface area contributed by atoms with Crippen molar-refractivity contribution in [1.29, 1.82) is 0 Å². The number of nitrogens with zero attached hydrogens (tertiary/aromatic N) is 1. The number of benzene rings is 2. The molecule has 0 aromatic heterocycles. The second-order valence-corrected chi connectivity index (χ2v) is 4.62. The highest BCUT2D eigenvalue weighted by molar-refractivity contribution is 6.34. The Bertz CT molecular complexity index is 729. The molecule has 2 amide bonds. The standard InChI is InChI=1S/C17H13NO3/c1-3-11-10-12(8-9-15(11)21-2)18-16(19)13-6-4-5-7-14(13)17(18)20/h3-10H,1H2,2H3. The average Bonchev–Trinajstić information content (AvgIpc) is 2.78. The van der Waals surface area contributed by atoms with E-state index in [4.69, 9.17) is 4.74 Å².